The van der Waals surface area contributed by atoms with Gasteiger partial charge in [0.25, 0.3) is 5.91 Å². The highest BCUT2D eigenvalue weighted by Crippen LogP contribution is 2.30. The number of para-hydroxylation sites is 1. The van der Waals surface area contributed by atoms with E-state index in [1.807, 2.05) is 47.4 Å². The third-order valence-corrected chi connectivity index (χ3v) is 6.06. The lowest BCUT2D eigenvalue weighted by molar-refractivity contribution is 0.0975. The summed E-state index contributed by atoms with van der Waals surface area (Å²) in [7, 11) is 0. The summed E-state index contributed by atoms with van der Waals surface area (Å²) in [5.74, 6) is 0.0664. The Hall–Kier alpha value is -2.33. The zero-order valence-corrected chi connectivity index (χ0v) is 15.9. The lowest BCUT2D eigenvalue weighted by Gasteiger charge is -2.33. The summed E-state index contributed by atoms with van der Waals surface area (Å²) in [6.07, 6.45) is 7.72. The van der Waals surface area contributed by atoms with Crippen molar-refractivity contribution < 1.29 is 4.79 Å². The summed E-state index contributed by atoms with van der Waals surface area (Å²) in [6, 6.07) is 18.3. The van der Waals surface area contributed by atoms with Crippen LogP contribution < -0.4 is 10.6 Å². The van der Waals surface area contributed by atoms with Crippen LogP contribution in [0.4, 0.5) is 11.4 Å². The predicted octanol–water partition coefficient (Wildman–Crippen LogP) is 4.32. The molecule has 142 valence electrons. The van der Waals surface area contributed by atoms with Crippen molar-refractivity contribution in [3.05, 3.63) is 60.2 Å². The second-order valence-electron chi connectivity index (χ2n) is 7.86. The number of amides is 1. The number of carbonyl (C=O) groups is 1. The Labute approximate surface area is 162 Å². The first kappa shape index (κ1) is 18.1. The molecule has 2 fully saturated rings. The fourth-order valence-corrected chi connectivity index (χ4v) is 4.60. The van der Waals surface area contributed by atoms with Gasteiger partial charge in [0, 0.05) is 36.1 Å². The normalized spacial score (nSPS) is 21.3. The van der Waals surface area contributed by atoms with Crippen LogP contribution >= 0.6 is 0 Å². The van der Waals surface area contributed by atoms with E-state index in [1.165, 1.54) is 32.1 Å². The zero-order valence-electron chi connectivity index (χ0n) is 15.9. The molecular formula is C23H29N3O. The first-order valence-electron chi connectivity index (χ1n) is 10.2. The Balaban J connectivity index is 1.57. The minimum absolute atomic E-state index is 0.0664. The Bertz CT molecular complexity index is 753. The lowest BCUT2D eigenvalue weighted by atomic mass is 9.94. The number of nitrogen functional groups attached to an aromatic ring is 1. The van der Waals surface area contributed by atoms with E-state index in [0.717, 1.165) is 25.2 Å². The summed E-state index contributed by atoms with van der Waals surface area (Å²) < 4.78 is 0. The number of nitrogens with two attached hydrogens (primary N) is 1. The second-order valence-corrected chi connectivity index (χ2v) is 7.86. The molecule has 0 aromatic heterocycles. The highest BCUT2D eigenvalue weighted by atomic mass is 16.2. The van der Waals surface area contributed by atoms with Gasteiger partial charge < -0.3 is 10.6 Å². The third kappa shape index (κ3) is 4.01. The largest absolute Gasteiger partial charge is 0.399 e. The molecule has 1 atom stereocenters. The van der Waals surface area contributed by atoms with Gasteiger partial charge in [-0.25, -0.2) is 0 Å². The van der Waals surface area contributed by atoms with E-state index < -0.39 is 0 Å². The molecule has 0 spiro atoms. The average Bonchev–Trinajstić information content (AvgIpc) is 3.20. The predicted molar refractivity (Wildman–Crippen MR) is 111 cm³/mol. The van der Waals surface area contributed by atoms with Gasteiger partial charge >= 0.3 is 0 Å². The van der Waals surface area contributed by atoms with E-state index >= 15 is 0 Å². The van der Waals surface area contributed by atoms with Crippen LogP contribution in [-0.4, -0.2) is 36.0 Å². The highest BCUT2D eigenvalue weighted by Gasteiger charge is 2.35. The van der Waals surface area contributed by atoms with Gasteiger partial charge in [-0.2, -0.15) is 0 Å². The number of likely N-dealkylation sites (tertiary alicyclic amines) is 1. The number of hydrogen-bond acceptors (Lipinski definition) is 3. The van der Waals surface area contributed by atoms with Gasteiger partial charge in [-0.1, -0.05) is 37.5 Å². The van der Waals surface area contributed by atoms with E-state index in [2.05, 4.69) is 4.90 Å². The molecule has 1 unspecified atom stereocenters. The monoisotopic (exact) mass is 363 g/mol. The molecule has 27 heavy (non-hydrogen) atoms. The summed E-state index contributed by atoms with van der Waals surface area (Å²) in [6.45, 7) is 2.06. The van der Waals surface area contributed by atoms with Gasteiger partial charge in [0.2, 0.25) is 0 Å². The molecule has 2 aromatic carbocycles. The molecule has 4 nitrogen and oxygen atoms in total. The summed E-state index contributed by atoms with van der Waals surface area (Å²) >= 11 is 0. The van der Waals surface area contributed by atoms with E-state index in [-0.39, 0.29) is 11.9 Å². The molecule has 1 aliphatic heterocycles. The van der Waals surface area contributed by atoms with Crippen LogP contribution in [0, 0.1) is 0 Å². The van der Waals surface area contributed by atoms with Gasteiger partial charge in [0.1, 0.15) is 0 Å². The topological polar surface area (TPSA) is 49.6 Å². The van der Waals surface area contributed by atoms with Crippen molar-refractivity contribution in [2.75, 3.05) is 23.7 Å². The fraction of sp³-hybridized carbons (Fsp3) is 0.435. The molecule has 1 saturated carbocycles. The van der Waals surface area contributed by atoms with Crippen molar-refractivity contribution in [2.24, 2.45) is 0 Å². The van der Waals surface area contributed by atoms with E-state index in [0.29, 0.717) is 17.3 Å². The van der Waals surface area contributed by atoms with Crippen LogP contribution in [0.1, 0.15) is 48.9 Å². The first-order valence-corrected chi connectivity index (χ1v) is 10.2. The van der Waals surface area contributed by atoms with Gasteiger partial charge in [-0.05, 0) is 55.7 Å². The molecule has 2 aliphatic rings. The number of benzene rings is 2. The van der Waals surface area contributed by atoms with Crippen LogP contribution in [-0.2, 0) is 0 Å². The number of anilines is 2. The van der Waals surface area contributed by atoms with Crippen molar-refractivity contribution in [3.63, 3.8) is 0 Å². The highest BCUT2D eigenvalue weighted by molar-refractivity contribution is 6.06. The number of nitrogens with zero attached hydrogens (tertiary/aromatic N) is 2. The summed E-state index contributed by atoms with van der Waals surface area (Å²) in [4.78, 5) is 18.0. The van der Waals surface area contributed by atoms with Crippen molar-refractivity contribution >= 4 is 17.3 Å². The van der Waals surface area contributed by atoms with E-state index in [1.54, 1.807) is 12.1 Å². The average molecular weight is 364 g/mol. The van der Waals surface area contributed by atoms with Crippen LogP contribution in [0.5, 0.6) is 0 Å². The Kier molecular flexibility index (Phi) is 5.44. The minimum atomic E-state index is 0.0664. The van der Waals surface area contributed by atoms with E-state index in [4.69, 9.17) is 5.73 Å². The van der Waals surface area contributed by atoms with E-state index in [9.17, 15) is 4.79 Å². The van der Waals surface area contributed by atoms with Crippen LogP contribution in [0.3, 0.4) is 0 Å². The lowest BCUT2D eigenvalue weighted by Crippen LogP contribution is -2.44. The van der Waals surface area contributed by atoms with Crippen molar-refractivity contribution in [3.8, 4) is 0 Å². The minimum Gasteiger partial charge on any atom is -0.399 e. The molecule has 2 N–H and O–H groups in total. The maximum atomic E-state index is 13.4. The summed E-state index contributed by atoms with van der Waals surface area (Å²) in [5, 5.41) is 0. The summed E-state index contributed by atoms with van der Waals surface area (Å²) in [5.41, 5.74) is 8.17. The smallest absolute Gasteiger partial charge is 0.258 e. The maximum Gasteiger partial charge on any atom is 0.258 e. The van der Waals surface area contributed by atoms with Gasteiger partial charge in [-0.15, -0.1) is 0 Å². The third-order valence-electron chi connectivity index (χ3n) is 6.06. The van der Waals surface area contributed by atoms with Gasteiger partial charge in [-0.3, -0.25) is 9.69 Å². The van der Waals surface area contributed by atoms with Crippen LogP contribution in [0.15, 0.2) is 54.6 Å². The van der Waals surface area contributed by atoms with Gasteiger partial charge in [0.15, 0.2) is 0 Å². The first-order chi connectivity index (χ1) is 13.2. The molecule has 0 radical (unpaired) electrons. The number of carbonyl (C=O) groups excluding carboxylic acids is 1. The van der Waals surface area contributed by atoms with Crippen LogP contribution in [0.2, 0.25) is 0 Å². The second kappa shape index (κ2) is 8.13. The molecule has 1 amide bonds. The quantitative estimate of drug-likeness (QED) is 0.823. The Morgan fingerprint density at radius 1 is 0.926 bits per heavy atom. The molecule has 4 rings (SSSR count). The molecule has 2 aromatic rings. The van der Waals surface area contributed by atoms with Crippen molar-refractivity contribution in [1.29, 1.82) is 0 Å². The molecular weight excluding hydrogens is 334 g/mol. The molecule has 0 bridgehead atoms. The van der Waals surface area contributed by atoms with Crippen molar-refractivity contribution in [2.45, 2.75) is 50.6 Å². The molecule has 1 saturated heterocycles. The number of rotatable bonds is 4. The maximum absolute atomic E-state index is 13.4. The van der Waals surface area contributed by atoms with Crippen LogP contribution in [0.25, 0.3) is 0 Å². The molecule has 4 heteroatoms. The SMILES string of the molecule is Nc1ccc(C(=O)N(c2ccccc2)C2CCN(C3CCCCC3)C2)cc1. The standard InChI is InChI=1S/C23H29N3O/c24-19-13-11-18(12-14-19)23(27)26(21-9-5-2-6-10-21)22-15-16-25(17-22)20-7-3-1-4-8-20/h2,5-6,9-14,20,22H,1,3-4,7-8,15-17,24H2. The molecule has 1 aliphatic carbocycles. The van der Waals surface area contributed by atoms with Crippen molar-refractivity contribution in [1.82, 2.24) is 4.90 Å². The Morgan fingerprint density at radius 2 is 1.63 bits per heavy atom. The molecule has 1 heterocycles. The number of hydrogen-bond donors (Lipinski definition) is 1. The fourth-order valence-electron chi connectivity index (χ4n) is 4.60. The zero-order chi connectivity index (χ0) is 18.6. The Morgan fingerprint density at radius 3 is 2.33 bits per heavy atom. The van der Waals surface area contributed by atoms with Gasteiger partial charge in [0.05, 0.1) is 6.04 Å².